The maximum absolute atomic E-state index is 5.51. The molecule has 0 N–H and O–H groups in total. The van der Waals surface area contributed by atoms with Crippen molar-refractivity contribution in [3.8, 4) is 11.8 Å². The number of benzene rings is 1. The minimum atomic E-state index is 0.390. The highest BCUT2D eigenvalue weighted by molar-refractivity contribution is 5.28. The molecule has 0 spiro atoms. The lowest BCUT2D eigenvalue weighted by atomic mass is 10.2. The van der Waals surface area contributed by atoms with Crippen LogP contribution in [0.4, 0.5) is 0 Å². The van der Waals surface area contributed by atoms with E-state index >= 15 is 0 Å². The normalized spacial score (nSPS) is 10.1. The standard InChI is InChI=1S/C13H14N2O/c1-3-11-8-14-13(15-9-11)16-12-6-4-10(2)5-7-12/h4-9H,3H2,1-2H3. The molecule has 1 heterocycles. The van der Waals surface area contributed by atoms with Crippen molar-refractivity contribution in [3.63, 3.8) is 0 Å². The van der Waals surface area contributed by atoms with Gasteiger partial charge in [-0.2, -0.15) is 0 Å². The monoisotopic (exact) mass is 214 g/mol. The topological polar surface area (TPSA) is 35.0 Å². The Morgan fingerprint density at radius 2 is 1.69 bits per heavy atom. The molecule has 2 aromatic rings. The van der Waals surface area contributed by atoms with Crippen LogP contribution in [0.25, 0.3) is 0 Å². The molecule has 0 saturated heterocycles. The summed E-state index contributed by atoms with van der Waals surface area (Å²) >= 11 is 0. The first kappa shape index (κ1) is 10.6. The predicted molar refractivity (Wildman–Crippen MR) is 62.7 cm³/mol. The Hall–Kier alpha value is -1.90. The zero-order valence-electron chi connectivity index (χ0n) is 9.47. The number of nitrogens with zero attached hydrogens (tertiary/aromatic N) is 2. The van der Waals surface area contributed by atoms with E-state index < -0.39 is 0 Å². The molecule has 1 aromatic heterocycles. The van der Waals surface area contributed by atoms with Gasteiger partial charge in [0.2, 0.25) is 0 Å². The van der Waals surface area contributed by atoms with Gasteiger partial charge in [-0.1, -0.05) is 24.6 Å². The van der Waals surface area contributed by atoms with Gasteiger partial charge in [0.05, 0.1) is 0 Å². The lowest BCUT2D eigenvalue weighted by Gasteiger charge is -2.03. The molecule has 0 aliphatic carbocycles. The first-order valence-electron chi connectivity index (χ1n) is 5.33. The van der Waals surface area contributed by atoms with E-state index in [4.69, 9.17) is 4.74 Å². The van der Waals surface area contributed by atoms with Crippen LogP contribution in [0, 0.1) is 6.92 Å². The van der Waals surface area contributed by atoms with Crippen LogP contribution >= 0.6 is 0 Å². The second kappa shape index (κ2) is 4.75. The minimum absolute atomic E-state index is 0.390. The molecular formula is C13H14N2O. The highest BCUT2D eigenvalue weighted by atomic mass is 16.5. The Morgan fingerprint density at radius 3 is 2.25 bits per heavy atom. The lowest BCUT2D eigenvalue weighted by molar-refractivity contribution is 0.441. The van der Waals surface area contributed by atoms with Crippen LogP contribution in [0.3, 0.4) is 0 Å². The molecule has 0 aliphatic heterocycles. The summed E-state index contributed by atoms with van der Waals surface area (Å²) in [7, 11) is 0. The van der Waals surface area contributed by atoms with Crippen molar-refractivity contribution in [3.05, 3.63) is 47.8 Å². The van der Waals surface area contributed by atoms with Crippen LogP contribution in [0.2, 0.25) is 0 Å². The average molecular weight is 214 g/mol. The lowest BCUT2D eigenvalue weighted by Crippen LogP contribution is -1.93. The molecule has 0 atom stereocenters. The van der Waals surface area contributed by atoms with E-state index in [-0.39, 0.29) is 0 Å². The Labute approximate surface area is 95.1 Å². The minimum Gasteiger partial charge on any atom is -0.424 e. The van der Waals surface area contributed by atoms with Crippen LogP contribution in [-0.2, 0) is 6.42 Å². The second-order valence-corrected chi connectivity index (χ2v) is 3.64. The number of aromatic nitrogens is 2. The Kier molecular flexibility index (Phi) is 3.15. The van der Waals surface area contributed by atoms with Crippen LogP contribution < -0.4 is 4.74 Å². The van der Waals surface area contributed by atoms with Gasteiger partial charge in [-0.05, 0) is 31.0 Å². The van der Waals surface area contributed by atoms with Crippen molar-refractivity contribution in [1.29, 1.82) is 0 Å². The molecule has 82 valence electrons. The van der Waals surface area contributed by atoms with Crippen molar-refractivity contribution in [2.45, 2.75) is 20.3 Å². The third-order valence-corrected chi connectivity index (χ3v) is 2.32. The second-order valence-electron chi connectivity index (χ2n) is 3.64. The summed E-state index contributed by atoms with van der Waals surface area (Å²) in [4.78, 5) is 8.27. The Morgan fingerprint density at radius 1 is 1.06 bits per heavy atom. The third-order valence-electron chi connectivity index (χ3n) is 2.32. The van der Waals surface area contributed by atoms with E-state index in [9.17, 15) is 0 Å². The summed E-state index contributed by atoms with van der Waals surface area (Å²) in [5.41, 5.74) is 2.31. The SMILES string of the molecule is CCc1cnc(Oc2ccc(C)cc2)nc1. The molecule has 0 radical (unpaired) electrons. The summed E-state index contributed by atoms with van der Waals surface area (Å²) < 4.78 is 5.51. The number of hydrogen-bond donors (Lipinski definition) is 0. The van der Waals surface area contributed by atoms with Gasteiger partial charge in [0, 0.05) is 12.4 Å². The Bertz CT molecular complexity index is 448. The zero-order valence-corrected chi connectivity index (χ0v) is 9.47. The third kappa shape index (κ3) is 2.57. The smallest absolute Gasteiger partial charge is 0.321 e. The van der Waals surface area contributed by atoms with Crippen molar-refractivity contribution in [1.82, 2.24) is 9.97 Å². The fraction of sp³-hybridized carbons (Fsp3) is 0.231. The molecule has 0 unspecified atom stereocenters. The molecule has 0 saturated carbocycles. The predicted octanol–water partition coefficient (Wildman–Crippen LogP) is 3.14. The van der Waals surface area contributed by atoms with E-state index in [1.54, 1.807) is 12.4 Å². The van der Waals surface area contributed by atoms with Crippen LogP contribution in [0.15, 0.2) is 36.7 Å². The van der Waals surface area contributed by atoms with Crippen molar-refractivity contribution < 1.29 is 4.74 Å². The highest BCUT2D eigenvalue weighted by Crippen LogP contribution is 2.17. The molecule has 0 bridgehead atoms. The summed E-state index contributed by atoms with van der Waals surface area (Å²) in [6.07, 6.45) is 4.51. The molecule has 3 heteroatoms. The van der Waals surface area contributed by atoms with E-state index in [1.807, 2.05) is 31.2 Å². The average Bonchev–Trinajstić information content (AvgIpc) is 2.33. The van der Waals surface area contributed by atoms with E-state index in [1.165, 1.54) is 5.56 Å². The largest absolute Gasteiger partial charge is 0.424 e. The van der Waals surface area contributed by atoms with Gasteiger partial charge in [0.25, 0.3) is 0 Å². The van der Waals surface area contributed by atoms with Gasteiger partial charge in [-0.15, -0.1) is 0 Å². The quantitative estimate of drug-likeness (QED) is 0.787. The van der Waals surface area contributed by atoms with Gasteiger partial charge in [-0.25, -0.2) is 9.97 Å². The fourth-order valence-corrected chi connectivity index (χ4v) is 1.29. The molecule has 2 rings (SSSR count). The van der Waals surface area contributed by atoms with E-state index in [0.29, 0.717) is 6.01 Å². The van der Waals surface area contributed by atoms with Gasteiger partial charge < -0.3 is 4.74 Å². The summed E-state index contributed by atoms with van der Waals surface area (Å²) in [6.45, 7) is 4.11. The number of rotatable bonds is 3. The number of hydrogen-bond acceptors (Lipinski definition) is 3. The van der Waals surface area contributed by atoms with Crippen molar-refractivity contribution >= 4 is 0 Å². The van der Waals surface area contributed by atoms with Gasteiger partial charge in [-0.3, -0.25) is 0 Å². The maximum Gasteiger partial charge on any atom is 0.321 e. The number of aryl methyl sites for hydroxylation is 2. The molecule has 0 amide bonds. The van der Waals surface area contributed by atoms with Crippen molar-refractivity contribution in [2.75, 3.05) is 0 Å². The van der Waals surface area contributed by atoms with E-state index in [2.05, 4.69) is 16.9 Å². The van der Waals surface area contributed by atoms with Crippen LogP contribution in [-0.4, -0.2) is 9.97 Å². The Balaban J connectivity index is 2.11. The molecule has 3 nitrogen and oxygen atoms in total. The highest BCUT2D eigenvalue weighted by Gasteiger charge is 1.99. The van der Waals surface area contributed by atoms with E-state index in [0.717, 1.165) is 17.7 Å². The summed E-state index contributed by atoms with van der Waals surface area (Å²) in [5, 5.41) is 0. The molecule has 1 aromatic carbocycles. The molecule has 16 heavy (non-hydrogen) atoms. The summed E-state index contributed by atoms with van der Waals surface area (Å²) in [5.74, 6) is 0.759. The molecular weight excluding hydrogens is 200 g/mol. The van der Waals surface area contributed by atoms with Gasteiger partial charge in [0.1, 0.15) is 5.75 Å². The van der Waals surface area contributed by atoms with Crippen molar-refractivity contribution in [2.24, 2.45) is 0 Å². The van der Waals surface area contributed by atoms with Gasteiger partial charge >= 0.3 is 6.01 Å². The van der Waals surface area contributed by atoms with Crippen LogP contribution in [0.5, 0.6) is 11.8 Å². The first-order valence-corrected chi connectivity index (χ1v) is 5.33. The maximum atomic E-state index is 5.51. The van der Waals surface area contributed by atoms with Crippen LogP contribution in [0.1, 0.15) is 18.1 Å². The zero-order chi connectivity index (χ0) is 11.4. The van der Waals surface area contributed by atoms with Gasteiger partial charge in [0.15, 0.2) is 0 Å². The number of ether oxygens (including phenoxy) is 1. The fourth-order valence-electron chi connectivity index (χ4n) is 1.29. The first-order chi connectivity index (χ1) is 7.78. The molecule has 0 aliphatic rings. The summed E-state index contributed by atoms with van der Waals surface area (Å²) in [6, 6.07) is 8.20. The molecule has 0 fully saturated rings.